The number of allylic oxidation sites excluding steroid dienone is 2. The summed E-state index contributed by atoms with van der Waals surface area (Å²) in [6.45, 7) is 12.8. The van der Waals surface area contributed by atoms with Gasteiger partial charge in [-0.15, -0.1) is 0 Å². The molecule has 4 aliphatic carbocycles. The molecule has 0 spiro atoms. The Bertz CT molecular complexity index is 774. The van der Waals surface area contributed by atoms with Gasteiger partial charge in [-0.25, -0.2) is 0 Å². The number of carbonyl (C=O) groups excluding carboxylic acids is 1. The number of hydrogen-bond acceptors (Lipinski definition) is 3. The van der Waals surface area contributed by atoms with Crippen molar-refractivity contribution >= 4 is 5.97 Å². The lowest BCUT2D eigenvalue weighted by molar-refractivity contribution is -0.148. The molecule has 4 aliphatic rings. The van der Waals surface area contributed by atoms with Gasteiger partial charge < -0.3 is 9.84 Å². The third kappa shape index (κ3) is 4.36. The van der Waals surface area contributed by atoms with Crippen LogP contribution in [0.2, 0.25) is 0 Å². The average molecular weight is 443 g/mol. The van der Waals surface area contributed by atoms with Crippen molar-refractivity contribution in [1.82, 2.24) is 0 Å². The van der Waals surface area contributed by atoms with E-state index in [2.05, 4.69) is 32.9 Å². The van der Waals surface area contributed by atoms with E-state index in [9.17, 15) is 9.90 Å². The number of ether oxygens (including phenoxy) is 1. The molecule has 3 fully saturated rings. The van der Waals surface area contributed by atoms with Crippen LogP contribution in [0.4, 0.5) is 0 Å². The summed E-state index contributed by atoms with van der Waals surface area (Å²) in [5.74, 6) is 3.78. The minimum Gasteiger partial charge on any atom is -0.462 e. The maximum absolute atomic E-state index is 11.5. The third-order valence-corrected chi connectivity index (χ3v) is 10.2. The summed E-state index contributed by atoms with van der Waals surface area (Å²) in [6.07, 6.45) is 17.7. The van der Waals surface area contributed by atoms with Crippen LogP contribution in [0.15, 0.2) is 23.8 Å². The molecule has 1 N–H and O–H groups in total. The molecular formula is C29H46O3. The standard InChI is InChI=1S/C29H46O3/c1-19(8-7-15-27(3,4)31)24-11-12-25-23-10-9-21-18-22(32-20(2)30)13-16-28(21,5)26(23)14-17-29(24,25)6/h7,9,15,19,22-26,31H,8,10-14,16-18H2,1-6H3/b15-7-/t19-,22-,23+,24+,25+,26+,28-,29+/m0/s1. The quantitative estimate of drug-likeness (QED) is 0.374. The number of hydrogen-bond donors (Lipinski definition) is 1. The molecule has 180 valence electrons. The first-order chi connectivity index (χ1) is 14.9. The summed E-state index contributed by atoms with van der Waals surface area (Å²) < 4.78 is 5.60. The molecule has 3 heteroatoms. The molecule has 0 amide bonds. The zero-order valence-electron chi connectivity index (χ0n) is 21.3. The predicted octanol–water partition coefficient (Wildman–Crippen LogP) is 6.85. The Labute approximate surface area is 196 Å². The van der Waals surface area contributed by atoms with E-state index in [1.165, 1.54) is 38.5 Å². The first kappa shape index (κ1) is 24.0. The van der Waals surface area contributed by atoms with Gasteiger partial charge in [0.2, 0.25) is 0 Å². The Balaban J connectivity index is 1.48. The zero-order valence-corrected chi connectivity index (χ0v) is 21.3. The molecule has 0 radical (unpaired) electrons. The van der Waals surface area contributed by atoms with Crippen LogP contribution in [0.3, 0.4) is 0 Å². The second-order valence-electron chi connectivity index (χ2n) is 12.7. The number of rotatable bonds is 5. The molecular weight excluding hydrogens is 396 g/mol. The SMILES string of the molecule is CC(=O)O[C@H]1CC[C@@]2(C)C(=CC[C@@H]3[C@H]4CC[C@H]([C@@H](C)C/C=C\C(C)(C)O)[C@@]4(C)CC[C@H]32)C1. The smallest absolute Gasteiger partial charge is 0.302 e. The van der Waals surface area contributed by atoms with Crippen LogP contribution >= 0.6 is 0 Å². The fourth-order valence-corrected chi connectivity index (χ4v) is 8.67. The third-order valence-electron chi connectivity index (χ3n) is 10.2. The van der Waals surface area contributed by atoms with Gasteiger partial charge in [0.05, 0.1) is 5.60 Å². The van der Waals surface area contributed by atoms with Crippen molar-refractivity contribution in [3.05, 3.63) is 23.8 Å². The van der Waals surface area contributed by atoms with E-state index < -0.39 is 5.60 Å². The zero-order chi connectivity index (χ0) is 23.3. The molecule has 8 atom stereocenters. The van der Waals surface area contributed by atoms with Gasteiger partial charge in [0.25, 0.3) is 0 Å². The number of fused-ring (bicyclic) bond motifs is 5. The molecule has 0 heterocycles. The molecule has 0 aromatic heterocycles. The molecule has 4 rings (SSSR count). The van der Waals surface area contributed by atoms with Gasteiger partial charge in [0.1, 0.15) is 6.10 Å². The van der Waals surface area contributed by atoms with Crippen molar-refractivity contribution < 1.29 is 14.6 Å². The second kappa shape index (κ2) is 8.60. The predicted molar refractivity (Wildman–Crippen MR) is 130 cm³/mol. The van der Waals surface area contributed by atoms with Crippen LogP contribution in [0.25, 0.3) is 0 Å². The van der Waals surface area contributed by atoms with Crippen LogP contribution in [0.5, 0.6) is 0 Å². The van der Waals surface area contributed by atoms with Gasteiger partial charge in [0, 0.05) is 13.3 Å². The van der Waals surface area contributed by atoms with Gasteiger partial charge in [-0.1, -0.05) is 44.6 Å². The van der Waals surface area contributed by atoms with Gasteiger partial charge in [0.15, 0.2) is 0 Å². The van der Waals surface area contributed by atoms with Crippen molar-refractivity contribution in [2.75, 3.05) is 0 Å². The Morgan fingerprint density at radius 2 is 1.97 bits per heavy atom. The molecule has 0 aromatic carbocycles. The molecule has 0 aromatic rings. The average Bonchev–Trinajstić information content (AvgIpc) is 3.04. The van der Waals surface area contributed by atoms with Crippen molar-refractivity contribution in [2.24, 2.45) is 40.4 Å². The number of carbonyl (C=O) groups is 1. The molecule has 0 saturated heterocycles. The number of esters is 1. The number of aliphatic hydroxyl groups is 1. The first-order valence-electron chi connectivity index (χ1n) is 13.2. The van der Waals surface area contributed by atoms with Crippen LogP contribution in [0.1, 0.15) is 99.3 Å². The highest BCUT2D eigenvalue weighted by Crippen LogP contribution is 2.67. The van der Waals surface area contributed by atoms with E-state index in [4.69, 9.17) is 4.74 Å². The van der Waals surface area contributed by atoms with Crippen molar-refractivity contribution in [2.45, 2.75) is 111 Å². The topological polar surface area (TPSA) is 46.5 Å². The minimum atomic E-state index is -0.712. The highest BCUT2D eigenvalue weighted by molar-refractivity contribution is 5.66. The minimum absolute atomic E-state index is 0.0888. The van der Waals surface area contributed by atoms with E-state index in [0.29, 0.717) is 16.7 Å². The molecule has 0 unspecified atom stereocenters. The fraction of sp³-hybridized carbons (Fsp3) is 0.828. The van der Waals surface area contributed by atoms with Crippen molar-refractivity contribution in [3.63, 3.8) is 0 Å². The Morgan fingerprint density at radius 3 is 2.66 bits per heavy atom. The lowest BCUT2D eigenvalue weighted by Crippen LogP contribution is -2.51. The lowest BCUT2D eigenvalue weighted by atomic mass is 9.47. The van der Waals surface area contributed by atoms with Crippen LogP contribution in [-0.2, 0) is 9.53 Å². The molecule has 3 saturated carbocycles. The first-order valence-corrected chi connectivity index (χ1v) is 13.2. The largest absolute Gasteiger partial charge is 0.462 e. The van der Waals surface area contributed by atoms with Gasteiger partial charge in [-0.05, 0) is 106 Å². The van der Waals surface area contributed by atoms with Gasteiger partial charge in [-0.2, -0.15) is 0 Å². The molecule has 32 heavy (non-hydrogen) atoms. The Morgan fingerprint density at radius 1 is 1.22 bits per heavy atom. The molecule has 3 nitrogen and oxygen atoms in total. The second-order valence-corrected chi connectivity index (χ2v) is 12.7. The summed E-state index contributed by atoms with van der Waals surface area (Å²) in [7, 11) is 0. The van der Waals surface area contributed by atoms with E-state index in [0.717, 1.165) is 42.9 Å². The molecule has 0 bridgehead atoms. The van der Waals surface area contributed by atoms with E-state index in [-0.39, 0.29) is 12.1 Å². The van der Waals surface area contributed by atoms with E-state index in [1.54, 1.807) is 12.5 Å². The van der Waals surface area contributed by atoms with Gasteiger partial charge >= 0.3 is 5.97 Å². The van der Waals surface area contributed by atoms with Crippen LogP contribution in [-0.4, -0.2) is 22.8 Å². The maximum Gasteiger partial charge on any atom is 0.302 e. The maximum atomic E-state index is 11.5. The summed E-state index contributed by atoms with van der Waals surface area (Å²) in [4.78, 5) is 11.5. The fourth-order valence-electron chi connectivity index (χ4n) is 8.67. The summed E-state index contributed by atoms with van der Waals surface area (Å²) in [5, 5.41) is 10.0. The monoisotopic (exact) mass is 442 g/mol. The van der Waals surface area contributed by atoms with Crippen LogP contribution in [0, 0.1) is 40.4 Å². The summed E-state index contributed by atoms with van der Waals surface area (Å²) >= 11 is 0. The summed E-state index contributed by atoms with van der Waals surface area (Å²) in [6, 6.07) is 0. The normalized spacial score (nSPS) is 42.6. The summed E-state index contributed by atoms with van der Waals surface area (Å²) in [5.41, 5.74) is 1.63. The Kier molecular flexibility index (Phi) is 6.46. The molecule has 0 aliphatic heterocycles. The van der Waals surface area contributed by atoms with Crippen LogP contribution < -0.4 is 0 Å². The highest BCUT2D eigenvalue weighted by Gasteiger charge is 2.59. The Hall–Kier alpha value is -1.09. The highest BCUT2D eigenvalue weighted by atomic mass is 16.5. The van der Waals surface area contributed by atoms with Crippen molar-refractivity contribution in [3.8, 4) is 0 Å². The van der Waals surface area contributed by atoms with Crippen molar-refractivity contribution in [1.29, 1.82) is 0 Å². The van der Waals surface area contributed by atoms with E-state index >= 15 is 0 Å². The van der Waals surface area contributed by atoms with Gasteiger partial charge in [-0.3, -0.25) is 4.79 Å². The van der Waals surface area contributed by atoms with E-state index in [1.807, 2.05) is 19.9 Å². The lowest BCUT2D eigenvalue weighted by Gasteiger charge is -2.58.